The molecular formula is C10H10ClN5O. The Balaban J connectivity index is 1.83. The third-order valence-electron chi connectivity index (χ3n) is 2.04. The summed E-state index contributed by atoms with van der Waals surface area (Å²) in [5.74, 6) is 0.264. The number of carbonyl (C=O) groups excluding carboxylic acids is 1. The largest absolute Gasteiger partial charge is 0.337 e. The molecule has 0 aliphatic carbocycles. The molecule has 2 aromatic rings. The van der Waals surface area contributed by atoms with Gasteiger partial charge in [0.25, 0.3) is 0 Å². The Kier molecular flexibility index (Phi) is 3.66. The number of halogens is 1. The van der Waals surface area contributed by atoms with E-state index < -0.39 is 0 Å². The van der Waals surface area contributed by atoms with E-state index in [1.165, 1.54) is 12.4 Å². The number of aryl methyl sites for hydroxylation is 1. The maximum Gasteiger partial charge on any atom is 0.227 e. The van der Waals surface area contributed by atoms with Gasteiger partial charge in [-0.05, 0) is 0 Å². The van der Waals surface area contributed by atoms with Gasteiger partial charge in [0, 0.05) is 25.4 Å². The summed E-state index contributed by atoms with van der Waals surface area (Å²) >= 11 is 5.58. The molecule has 2 rings (SSSR count). The average molecular weight is 252 g/mol. The van der Waals surface area contributed by atoms with Gasteiger partial charge in [0.2, 0.25) is 5.91 Å². The van der Waals surface area contributed by atoms with E-state index in [2.05, 4.69) is 20.3 Å². The second kappa shape index (κ2) is 5.40. The predicted molar refractivity (Wildman–Crippen MR) is 62.5 cm³/mol. The second-order valence-electron chi connectivity index (χ2n) is 3.32. The Bertz CT molecular complexity index is 482. The fraction of sp³-hybridized carbons (Fsp3) is 0.200. The maximum atomic E-state index is 11.5. The van der Waals surface area contributed by atoms with Crippen LogP contribution >= 0.6 is 11.6 Å². The van der Waals surface area contributed by atoms with Crippen molar-refractivity contribution in [2.24, 2.45) is 0 Å². The number of hydrogen-bond donors (Lipinski definition) is 1. The highest BCUT2D eigenvalue weighted by molar-refractivity contribution is 6.29. The van der Waals surface area contributed by atoms with Gasteiger partial charge in [0.05, 0.1) is 18.7 Å². The highest BCUT2D eigenvalue weighted by Crippen LogP contribution is 2.05. The van der Waals surface area contributed by atoms with E-state index in [9.17, 15) is 4.79 Å². The van der Waals surface area contributed by atoms with Crippen LogP contribution in [0.3, 0.4) is 0 Å². The van der Waals surface area contributed by atoms with Gasteiger partial charge < -0.3 is 9.88 Å². The van der Waals surface area contributed by atoms with Crippen LogP contribution in [0.4, 0.5) is 5.82 Å². The first-order valence-electron chi connectivity index (χ1n) is 4.97. The maximum absolute atomic E-state index is 11.5. The topological polar surface area (TPSA) is 72.7 Å². The number of anilines is 1. The van der Waals surface area contributed by atoms with Crippen LogP contribution in [-0.2, 0) is 11.3 Å². The number of amides is 1. The molecule has 0 saturated carbocycles. The minimum atomic E-state index is -0.129. The van der Waals surface area contributed by atoms with Crippen molar-refractivity contribution in [3.63, 3.8) is 0 Å². The third kappa shape index (κ3) is 3.53. The van der Waals surface area contributed by atoms with Crippen molar-refractivity contribution in [1.29, 1.82) is 0 Å². The Labute approximate surface area is 103 Å². The molecule has 2 heterocycles. The molecule has 0 unspecified atom stereocenters. The van der Waals surface area contributed by atoms with E-state index in [0.29, 0.717) is 23.9 Å². The molecule has 0 aliphatic rings. The predicted octanol–water partition coefficient (Wildman–Crippen LogP) is 1.36. The lowest BCUT2D eigenvalue weighted by atomic mass is 10.4. The number of hydrogen-bond acceptors (Lipinski definition) is 4. The summed E-state index contributed by atoms with van der Waals surface area (Å²) in [6.45, 7) is 0.576. The van der Waals surface area contributed by atoms with Crippen LogP contribution in [0.15, 0.2) is 31.1 Å². The molecule has 0 aromatic carbocycles. The molecule has 17 heavy (non-hydrogen) atoms. The first-order chi connectivity index (χ1) is 8.24. The van der Waals surface area contributed by atoms with E-state index >= 15 is 0 Å². The highest BCUT2D eigenvalue weighted by Gasteiger charge is 2.03. The monoisotopic (exact) mass is 251 g/mol. The molecule has 0 fully saturated rings. The van der Waals surface area contributed by atoms with Crippen molar-refractivity contribution in [1.82, 2.24) is 19.5 Å². The summed E-state index contributed by atoms with van der Waals surface area (Å²) in [6, 6.07) is 0. The quantitative estimate of drug-likeness (QED) is 0.890. The lowest BCUT2D eigenvalue weighted by Gasteiger charge is -2.04. The number of aromatic nitrogens is 4. The Morgan fingerprint density at radius 1 is 1.41 bits per heavy atom. The standard InChI is InChI=1S/C10H10ClN5O/c11-8-5-14-9(6-13-8)15-10(17)1-3-16-4-2-12-7-16/h2,4-7H,1,3H2,(H,14,15,17). The Morgan fingerprint density at radius 3 is 2.94 bits per heavy atom. The summed E-state index contributed by atoms with van der Waals surface area (Å²) < 4.78 is 1.83. The van der Waals surface area contributed by atoms with Gasteiger partial charge in [-0.1, -0.05) is 11.6 Å². The van der Waals surface area contributed by atoms with Crippen molar-refractivity contribution in [3.8, 4) is 0 Å². The molecule has 6 nitrogen and oxygen atoms in total. The van der Waals surface area contributed by atoms with Crippen LogP contribution < -0.4 is 5.32 Å². The SMILES string of the molecule is O=C(CCn1ccnc1)Nc1cnc(Cl)cn1. The first-order valence-corrected chi connectivity index (χ1v) is 5.35. The summed E-state index contributed by atoms with van der Waals surface area (Å²) in [5.41, 5.74) is 0. The van der Waals surface area contributed by atoms with Crippen LogP contribution in [0.2, 0.25) is 5.15 Å². The number of rotatable bonds is 4. The van der Waals surface area contributed by atoms with E-state index in [4.69, 9.17) is 11.6 Å². The molecule has 1 amide bonds. The molecule has 7 heteroatoms. The number of imidazole rings is 1. The highest BCUT2D eigenvalue weighted by atomic mass is 35.5. The lowest BCUT2D eigenvalue weighted by Crippen LogP contribution is -2.15. The number of carbonyl (C=O) groups is 1. The zero-order valence-electron chi connectivity index (χ0n) is 8.88. The summed E-state index contributed by atoms with van der Waals surface area (Å²) in [4.78, 5) is 23.2. The molecule has 0 aliphatic heterocycles. The molecule has 0 bridgehead atoms. The number of nitrogens with zero attached hydrogens (tertiary/aromatic N) is 4. The lowest BCUT2D eigenvalue weighted by molar-refractivity contribution is -0.116. The second-order valence-corrected chi connectivity index (χ2v) is 3.71. The van der Waals surface area contributed by atoms with Gasteiger partial charge >= 0.3 is 0 Å². The minimum absolute atomic E-state index is 0.129. The molecule has 2 aromatic heterocycles. The smallest absolute Gasteiger partial charge is 0.227 e. The van der Waals surface area contributed by atoms with Crippen molar-refractivity contribution in [2.45, 2.75) is 13.0 Å². The molecule has 0 radical (unpaired) electrons. The Hall–Kier alpha value is -1.95. The molecular weight excluding hydrogens is 242 g/mol. The molecule has 0 saturated heterocycles. The van der Waals surface area contributed by atoms with Crippen LogP contribution in [0.5, 0.6) is 0 Å². The van der Waals surface area contributed by atoms with Crippen molar-refractivity contribution < 1.29 is 4.79 Å². The number of nitrogens with one attached hydrogen (secondary N) is 1. The summed E-state index contributed by atoms with van der Waals surface area (Å²) in [6.07, 6.45) is 8.28. The molecule has 1 N–H and O–H groups in total. The van der Waals surface area contributed by atoms with E-state index in [1.807, 2.05) is 4.57 Å². The summed E-state index contributed by atoms with van der Waals surface area (Å²) in [7, 11) is 0. The zero-order valence-corrected chi connectivity index (χ0v) is 9.63. The average Bonchev–Trinajstić information content (AvgIpc) is 2.83. The molecule has 0 spiro atoms. The van der Waals surface area contributed by atoms with Gasteiger partial charge in [-0.3, -0.25) is 4.79 Å². The van der Waals surface area contributed by atoms with Crippen molar-refractivity contribution >= 4 is 23.3 Å². The fourth-order valence-electron chi connectivity index (χ4n) is 1.23. The van der Waals surface area contributed by atoms with Crippen molar-refractivity contribution in [3.05, 3.63) is 36.3 Å². The third-order valence-corrected chi connectivity index (χ3v) is 2.24. The van der Waals surface area contributed by atoms with Gasteiger partial charge in [-0.15, -0.1) is 0 Å². The van der Waals surface area contributed by atoms with Gasteiger partial charge in [0.1, 0.15) is 5.15 Å². The van der Waals surface area contributed by atoms with Crippen LogP contribution in [-0.4, -0.2) is 25.4 Å². The van der Waals surface area contributed by atoms with Crippen LogP contribution in [0.25, 0.3) is 0 Å². The normalized spacial score (nSPS) is 10.2. The van der Waals surface area contributed by atoms with Gasteiger partial charge in [-0.25, -0.2) is 15.0 Å². The van der Waals surface area contributed by atoms with Crippen molar-refractivity contribution in [2.75, 3.05) is 5.32 Å². The molecule has 88 valence electrons. The summed E-state index contributed by atoms with van der Waals surface area (Å²) in [5, 5.41) is 2.92. The van der Waals surface area contributed by atoms with E-state index in [0.717, 1.165) is 0 Å². The fourth-order valence-corrected chi connectivity index (χ4v) is 1.33. The first kappa shape index (κ1) is 11.5. The van der Waals surface area contributed by atoms with Crippen LogP contribution in [0, 0.1) is 0 Å². The van der Waals surface area contributed by atoms with Gasteiger partial charge in [0.15, 0.2) is 5.82 Å². The Morgan fingerprint density at radius 2 is 2.29 bits per heavy atom. The van der Waals surface area contributed by atoms with Crippen LogP contribution in [0.1, 0.15) is 6.42 Å². The van der Waals surface area contributed by atoms with Gasteiger partial charge in [-0.2, -0.15) is 0 Å². The zero-order chi connectivity index (χ0) is 12.1. The molecule has 0 atom stereocenters. The van der Waals surface area contributed by atoms with E-state index in [1.54, 1.807) is 18.7 Å². The minimum Gasteiger partial charge on any atom is -0.337 e. The van der Waals surface area contributed by atoms with E-state index in [-0.39, 0.29) is 5.91 Å².